The third-order valence-corrected chi connectivity index (χ3v) is 13.7. The van der Waals surface area contributed by atoms with E-state index in [0.29, 0.717) is 0 Å². The van der Waals surface area contributed by atoms with Crippen molar-refractivity contribution in [2.24, 2.45) is 0 Å². The first-order valence-corrected chi connectivity index (χ1v) is 22.1. The zero-order chi connectivity index (χ0) is 41.0. The lowest BCUT2D eigenvalue weighted by Gasteiger charge is -2.26. The highest BCUT2D eigenvalue weighted by atomic mass is 32.1. The Balaban J connectivity index is 1.22. The molecule has 0 unspecified atom stereocenters. The molecule has 12 aromatic rings. The van der Waals surface area contributed by atoms with Crippen LogP contribution in [0, 0.1) is 0 Å². The number of anilines is 3. The molecule has 0 spiro atoms. The fourth-order valence-corrected chi connectivity index (χ4v) is 10.8. The van der Waals surface area contributed by atoms with E-state index in [-0.39, 0.29) is 0 Å². The van der Waals surface area contributed by atoms with E-state index in [1.165, 1.54) is 96.3 Å². The van der Waals surface area contributed by atoms with Crippen molar-refractivity contribution in [3.8, 4) is 22.3 Å². The van der Waals surface area contributed by atoms with E-state index in [9.17, 15) is 0 Å². The second-order valence-corrected chi connectivity index (χ2v) is 17.0. The van der Waals surface area contributed by atoms with Gasteiger partial charge in [-0.3, -0.25) is 0 Å². The van der Waals surface area contributed by atoms with Crippen molar-refractivity contribution in [2.75, 3.05) is 4.90 Å². The number of rotatable bonds is 5. The number of nitrogens with zero attached hydrogens (tertiary/aromatic N) is 1. The molecular weight excluding hydrogens is 767 g/mol. The van der Waals surface area contributed by atoms with Crippen LogP contribution in [0.2, 0.25) is 0 Å². The molecule has 0 amide bonds. The molecule has 0 fully saturated rings. The van der Waals surface area contributed by atoms with Gasteiger partial charge in [0.1, 0.15) is 0 Å². The summed E-state index contributed by atoms with van der Waals surface area (Å²) >= 11 is 1.90. The third kappa shape index (κ3) is 6.07. The first-order chi connectivity index (χ1) is 30.8. The molecule has 0 saturated heterocycles. The average Bonchev–Trinajstić information content (AvgIpc) is 3.73. The molecular formula is C60H39NS. The number of thiophene rings is 1. The van der Waals surface area contributed by atoms with E-state index >= 15 is 0 Å². The molecule has 0 aliphatic carbocycles. The van der Waals surface area contributed by atoms with Gasteiger partial charge in [0, 0.05) is 42.6 Å². The molecule has 0 saturated carbocycles. The lowest BCUT2D eigenvalue weighted by molar-refractivity contribution is 1.29. The summed E-state index contributed by atoms with van der Waals surface area (Å²) in [7, 11) is 0. The van der Waals surface area contributed by atoms with Crippen molar-refractivity contribution < 1.29 is 0 Å². The minimum Gasteiger partial charge on any atom is -0.310 e. The molecule has 2 heteroatoms. The fraction of sp³-hybridized carbons (Fsp3) is 0. The van der Waals surface area contributed by atoms with Gasteiger partial charge in [0.15, 0.2) is 0 Å². The zero-order valence-corrected chi connectivity index (χ0v) is 34.7. The van der Waals surface area contributed by atoms with E-state index in [1.54, 1.807) is 0 Å². The Bertz CT molecular complexity index is 3640. The fourth-order valence-electron chi connectivity index (χ4n) is 9.57. The molecule has 12 rings (SSSR count). The van der Waals surface area contributed by atoms with Gasteiger partial charge in [-0.15, -0.1) is 11.3 Å². The van der Waals surface area contributed by atoms with E-state index in [4.69, 9.17) is 0 Å². The highest BCUT2D eigenvalue weighted by Crippen LogP contribution is 2.45. The first kappa shape index (κ1) is 36.1. The van der Waals surface area contributed by atoms with Gasteiger partial charge in [0.05, 0.1) is 0 Å². The summed E-state index contributed by atoms with van der Waals surface area (Å²) in [5.41, 5.74) is 8.07. The molecule has 11 aromatic carbocycles. The Labute approximate surface area is 364 Å². The van der Waals surface area contributed by atoms with E-state index in [2.05, 4.69) is 241 Å². The predicted octanol–water partition coefficient (Wildman–Crippen LogP) is 17.7. The van der Waals surface area contributed by atoms with Crippen LogP contribution in [0.1, 0.15) is 0 Å². The second-order valence-electron chi connectivity index (χ2n) is 16.0. The van der Waals surface area contributed by atoms with E-state index in [1.807, 2.05) is 11.3 Å². The van der Waals surface area contributed by atoms with Crippen molar-refractivity contribution in [2.45, 2.75) is 0 Å². The van der Waals surface area contributed by atoms with Crippen molar-refractivity contribution >= 4 is 102 Å². The molecule has 290 valence electrons. The smallest absolute Gasteiger partial charge is 0.0468 e. The third-order valence-electron chi connectivity index (χ3n) is 12.5. The minimum absolute atomic E-state index is 1.09. The first-order valence-electron chi connectivity index (χ1n) is 21.3. The largest absolute Gasteiger partial charge is 0.310 e. The van der Waals surface area contributed by atoms with Crippen LogP contribution in [0.5, 0.6) is 0 Å². The Hall–Kier alpha value is -7.78. The van der Waals surface area contributed by atoms with E-state index in [0.717, 1.165) is 17.1 Å². The molecule has 0 bridgehead atoms. The van der Waals surface area contributed by atoms with Crippen molar-refractivity contribution in [1.29, 1.82) is 0 Å². The Morgan fingerprint density at radius 3 is 1.13 bits per heavy atom. The number of hydrogen-bond donors (Lipinski definition) is 0. The Kier molecular flexibility index (Phi) is 8.76. The summed E-state index contributed by atoms with van der Waals surface area (Å²) in [4.78, 5) is 2.41. The predicted molar refractivity (Wildman–Crippen MR) is 270 cm³/mol. The van der Waals surface area contributed by atoms with Gasteiger partial charge in [0.2, 0.25) is 0 Å². The maximum Gasteiger partial charge on any atom is 0.0468 e. The molecule has 1 heterocycles. The van der Waals surface area contributed by atoms with Gasteiger partial charge < -0.3 is 4.90 Å². The SMILES string of the molecule is c1ccc(-c2ccc(N(c3ccc(-c4ccccc4)cc3)c3ccc4c5ccccc5c5ccccc5c5ccccc5c5c(ccc6c7ccccc7sc65)c4c3)cc2)cc1. The van der Waals surface area contributed by atoms with Crippen LogP contribution < -0.4 is 4.90 Å². The summed E-state index contributed by atoms with van der Waals surface area (Å²) in [5, 5.41) is 14.9. The number of benzene rings is 10. The summed E-state index contributed by atoms with van der Waals surface area (Å²) in [6.07, 6.45) is 0. The van der Waals surface area contributed by atoms with Crippen LogP contribution in [-0.4, -0.2) is 0 Å². The molecule has 1 aromatic heterocycles. The summed E-state index contributed by atoms with van der Waals surface area (Å²) in [6, 6.07) is 86.9. The van der Waals surface area contributed by atoms with Crippen molar-refractivity contribution in [3.63, 3.8) is 0 Å². The van der Waals surface area contributed by atoms with Crippen molar-refractivity contribution in [3.05, 3.63) is 237 Å². The summed E-state index contributed by atoms with van der Waals surface area (Å²) < 4.78 is 2.61. The standard InChI is InChI=1S/C60H39NS/c1-3-15-40(16-4-1)42-27-31-44(32-28-42)61(45-33-29-43(30-34-45)41-17-5-2-6-18-41)46-35-36-52-50-22-10-8-20-48(50)47-19-7-9-21-49(47)51-23-11-12-25-54(51)59-55(57(52)39-46)37-38-56-53-24-13-14-26-58(53)62-60(56)59/h1-39H. The van der Waals surface area contributed by atoms with Crippen LogP contribution in [-0.2, 0) is 0 Å². The Morgan fingerprint density at radius 1 is 0.242 bits per heavy atom. The summed E-state index contributed by atoms with van der Waals surface area (Å²) in [5.74, 6) is 0. The molecule has 0 atom stereocenters. The molecule has 0 aliphatic rings. The lowest BCUT2D eigenvalue weighted by Crippen LogP contribution is -2.09. The van der Waals surface area contributed by atoms with Crippen LogP contribution in [0.15, 0.2) is 237 Å². The molecule has 0 radical (unpaired) electrons. The van der Waals surface area contributed by atoms with Crippen LogP contribution in [0.25, 0.3) is 96.3 Å². The van der Waals surface area contributed by atoms with Gasteiger partial charge in [-0.05, 0) is 113 Å². The maximum atomic E-state index is 2.44. The topological polar surface area (TPSA) is 3.24 Å². The minimum atomic E-state index is 1.09. The number of fused-ring (bicyclic) bond motifs is 14. The average molecular weight is 806 g/mol. The molecule has 62 heavy (non-hydrogen) atoms. The van der Waals surface area contributed by atoms with Crippen LogP contribution in [0.4, 0.5) is 17.1 Å². The highest BCUT2D eigenvalue weighted by Gasteiger charge is 2.18. The zero-order valence-electron chi connectivity index (χ0n) is 33.9. The van der Waals surface area contributed by atoms with Gasteiger partial charge in [-0.25, -0.2) is 0 Å². The van der Waals surface area contributed by atoms with Crippen LogP contribution >= 0.6 is 11.3 Å². The second kappa shape index (κ2) is 15.0. The normalized spacial score (nSPS) is 11.5. The molecule has 0 aliphatic heterocycles. The van der Waals surface area contributed by atoms with Crippen molar-refractivity contribution in [1.82, 2.24) is 0 Å². The monoisotopic (exact) mass is 805 g/mol. The highest BCUT2D eigenvalue weighted by molar-refractivity contribution is 7.26. The number of hydrogen-bond acceptors (Lipinski definition) is 2. The van der Waals surface area contributed by atoms with Crippen LogP contribution in [0.3, 0.4) is 0 Å². The van der Waals surface area contributed by atoms with Gasteiger partial charge in [-0.2, -0.15) is 0 Å². The maximum absolute atomic E-state index is 2.44. The lowest BCUT2D eigenvalue weighted by atomic mass is 9.93. The van der Waals surface area contributed by atoms with Gasteiger partial charge >= 0.3 is 0 Å². The van der Waals surface area contributed by atoms with E-state index < -0.39 is 0 Å². The van der Waals surface area contributed by atoms with Gasteiger partial charge in [0.25, 0.3) is 0 Å². The summed E-state index contributed by atoms with van der Waals surface area (Å²) in [6.45, 7) is 0. The quantitative estimate of drug-likeness (QED) is 0.167. The van der Waals surface area contributed by atoms with Gasteiger partial charge in [-0.1, -0.05) is 194 Å². The Morgan fingerprint density at radius 2 is 0.597 bits per heavy atom. The molecule has 0 N–H and O–H groups in total. The molecule has 1 nitrogen and oxygen atoms in total.